The lowest BCUT2D eigenvalue weighted by molar-refractivity contribution is -0.138. The first-order valence-corrected chi connectivity index (χ1v) is 12.8. The van der Waals surface area contributed by atoms with Gasteiger partial charge in [0.25, 0.3) is 5.91 Å². The van der Waals surface area contributed by atoms with Crippen molar-refractivity contribution < 1.29 is 35.5 Å². The summed E-state index contributed by atoms with van der Waals surface area (Å²) < 4.78 is 93.7. The van der Waals surface area contributed by atoms with Crippen molar-refractivity contribution in [2.75, 3.05) is 19.6 Å². The molecular formula is C30H29F7N2O. The Kier molecular flexibility index (Phi) is 8.58. The van der Waals surface area contributed by atoms with E-state index in [1.54, 1.807) is 17.0 Å². The van der Waals surface area contributed by atoms with Crippen molar-refractivity contribution in [2.24, 2.45) is 5.92 Å². The minimum Gasteiger partial charge on any atom is -0.336 e. The van der Waals surface area contributed by atoms with Crippen LogP contribution < -0.4 is 0 Å². The van der Waals surface area contributed by atoms with E-state index in [1.165, 1.54) is 36.4 Å². The van der Waals surface area contributed by atoms with Crippen molar-refractivity contribution in [1.29, 1.82) is 0 Å². The lowest BCUT2D eigenvalue weighted by atomic mass is 9.87. The van der Waals surface area contributed by atoms with Crippen molar-refractivity contribution >= 4 is 5.91 Å². The van der Waals surface area contributed by atoms with Crippen molar-refractivity contribution in [1.82, 2.24) is 9.80 Å². The third-order valence-corrected chi connectivity index (χ3v) is 7.23. The van der Waals surface area contributed by atoms with E-state index < -0.39 is 35.2 Å². The van der Waals surface area contributed by atoms with Gasteiger partial charge in [-0.2, -0.15) is 26.3 Å². The minimum atomic E-state index is -4.54. The molecule has 2 atom stereocenters. The highest BCUT2D eigenvalue weighted by atomic mass is 19.4. The van der Waals surface area contributed by atoms with E-state index in [0.717, 1.165) is 24.3 Å². The highest BCUT2D eigenvalue weighted by Crippen LogP contribution is 2.38. The fourth-order valence-corrected chi connectivity index (χ4v) is 5.24. The molecule has 0 aromatic heterocycles. The quantitative estimate of drug-likeness (QED) is 0.275. The average molecular weight is 567 g/mol. The number of benzene rings is 3. The third-order valence-electron chi connectivity index (χ3n) is 7.23. The molecule has 0 unspecified atom stereocenters. The molecule has 3 aromatic rings. The molecule has 4 rings (SSSR count). The molecule has 0 spiro atoms. The average Bonchev–Trinajstić information content (AvgIpc) is 3.28. The summed E-state index contributed by atoms with van der Waals surface area (Å²) in [7, 11) is 0. The summed E-state index contributed by atoms with van der Waals surface area (Å²) in [6.45, 7) is 4.67. The Morgan fingerprint density at radius 1 is 0.875 bits per heavy atom. The Balaban J connectivity index is 1.64. The van der Waals surface area contributed by atoms with Crippen molar-refractivity contribution in [2.45, 2.75) is 44.7 Å². The van der Waals surface area contributed by atoms with E-state index >= 15 is 0 Å². The van der Waals surface area contributed by atoms with Gasteiger partial charge in [0.1, 0.15) is 5.82 Å². The lowest BCUT2D eigenvalue weighted by Gasteiger charge is -2.32. The molecule has 40 heavy (non-hydrogen) atoms. The van der Waals surface area contributed by atoms with E-state index in [1.807, 2.05) is 18.7 Å². The van der Waals surface area contributed by atoms with Crippen molar-refractivity contribution in [3.8, 4) is 0 Å². The molecule has 1 amide bonds. The summed E-state index contributed by atoms with van der Waals surface area (Å²) in [5, 5.41) is 0. The van der Waals surface area contributed by atoms with Gasteiger partial charge in [-0.3, -0.25) is 9.69 Å². The Hall–Kier alpha value is -3.40. The van der Waals surface area contributed by atoms with Crippen LogP contribution in [0.5, 0.6) is 0 Å². The van der Waals surface area contributed by atoms with Gasteiger partial charge in [0.05, 0.1) is 11.1 Å². The maximum Gasteiger partial charge on any atom is 0.416 e. The summed E-state index contributed by atoms with van der Waals surface area (Å²) in [5.74, 6) is -1.54. The zero-order valence-electron chi connectivity index (χ0n) is 21.9. The SMILES string of the molecule is CC(C)N(C[C@@H]1CN(Cc2cccc(C(F)(F)F)c2)C[C@H]1c1cccc(C(F)(F)F)c1)C(=O)c1ccc(F)cc1. The topological polar surface area (TPSA) is 23.6 Å². The zero-order valence-corrected chi connectivity index (χ0v) is 21.9. The van der Waals surface area contributed by atoms with Gasteiger partial charge in [0.15, 0.2) is 0 Å². The molecule has 3 nitrogen and oxygen atoms in total. The van der Waals surface area contributed by atoms with Crippen LogP contribution in [0.25, 0.3) is 0 Å². The van der Waals surface area contributed by atoms with Crippen LogP contribution in [0.1, 0.15) is 52.4 Å². The molecule has 0 N–H and O–H groups in total. The molecule has 0 radical (unpaired) electrons. The first-order chi connectivity index (χ1) is 18.7. The maximum absolute atomic E-state index is 13.5. The maximum atomic E-state index is 13.5. The number of carbonyl (C=O) groups is 1. The first-order valence-electron chi connectivity index (χ1n) is 12.8. The van der Waals surface area contributed by atoms with Crippen molar-refractivity contribution in [3.05, 3.63) is 106 Å². The van der Waals surface area contributed by atoms with E-state index in [4.69, 9.17) is 0 Å². The van der Waals surface area contributed by atoms with Crippen LogP contribution in [-0.2, 0) is 18.9 Å². The van der Waals surface area contributed by atoms with Gasteiger partial charge in [-0.05, 0) is 67.3 Å². The minimum absolute atomic E-state index is 0.170. The number of alkyl halides is 6. The van der Waals surface area contributed by atoms with Crippen LogP contribution in [0.3, 0.4) is 0 Å². The largest absolute Gasteiger partial charge is 0.416 e. The van der Waals surface area contributed by atoms with E-state index in [-0.39, 0.29) is 36.5 Å². The standard InChI is InChI=1S/C30H29F7N2O/c1-19(2)39(28(40)21-9-11-26(31)12-10-21)17-23-16-38(15-20-5-3-7-24(13-20)29(32,33)34)18-27(23)22-6-4-8-25(14-22)30(35,36)37/h3-14,19,23,27H,15-18H2,1-2H3/t23-,27-/m0/s1. The van der Waals surface area contributed by atoms with Crippen LogP contribution in [0.2, 0.25) is 0 Å². The van der Waals surface area contributed by atoms with E-state index in [2.05, 4.69) is 0 Å². The van der Waals surface area contributed by atoms with Gasteiger partial charge >= 0.3 is 12.4 Å². The smallest absolute Gasteiger partial charge is 0.336 e. The van der Waals surface area contributed by atoms with Gasteiger partial charge < -0.3 is 4.90 Å². The molecule has 214 valence electrons. The van der Waals surface area contributed by atoms with E-state index in [0.29, 0.717) is 24.2 Å². The predicted molar refractivity (Wildman–Crippen MR) is 137 cm³/mol. The Labute approximate surface area is 228 Å². The molecule has 1 aliphatic heterocycles. The molecule has 1 aliphatic rings. The fourth-order valence-electron chi connectivity index (χ4n) is 5.24. The van der Waals surface area contributed by atoms with Crippen LogP contribution >= 0.6 is 0 Å². The van der Waals surface area contributed by atoms with Gasteiger partial charge in [-0.1, -0.05) is 36.4 Å². The summed E-state index contributed by atoms with van der Waals surface area (Å²) in [6.07, 6.45) is -9.03. The number of halogens is 7. The number of amides is 1. The van der Waals surface area contributed by atoms with E-state index in [9.17, 15) is 35.5 Å². The lowest BCUT2D eigenvalue weighted by Crippen LogP contribution is -2.42. The first kappa shape index (κ1) is 29.6. The summed E-state index contributed by atoms with van der Waals surface area (Å²) in [6, 6.07) is 14.9. The number of likely N-dealkylation sites (tertiary alicyclic amines) is 1. The summed E-state index contributed by atoms with van der Waals surface area (Å²) >= 11 is 0. The molecule has 0 bridgehead atoms. The van der Waals surface area contributed by atoms with Crippen LogP contribution in [-0.4, -0.2) is 41.4 Å². The summed E-state index contributed by atoms with van der Waals surface area (Å²) in [4.78, 5) is 16.9. The van der Waals surface area contributed by atoms with Gasteiger partial charge in [0, 0.05) is 43.7 Å². The molecule has 3 aromatic carbocycles. The van der Waals surface area contributed by atoms with Crippen LogP contribution in [0.15, 0.2) is 72.8 Å². The molecule has 10 heteroatoms. The second-order valence-corrected chi connectivity index (χ2v) is 10.4. The number of nitrogens with zero attached hydrogens (tertiary/aromatic N) is 2. The van der Waals surface area contributed by atoms with Gasteiger partial charge in [-0.25, -0.2) is 4.39 Å². The zero-order chi connectivity index (χ0) is 29.2. The van der Waals surface area contributed by atoms with Crippen molar-refractivity contribution in [3.63, 3.8) is 0 Å². The normalized spacial score (nSPS) is 18.4. The highest BCUT2D eigenvalue weighted by Gasteiger charge is 2.38. The third kappa shape index (κ3) is 7.02. The predicted octanol–water partition coefficient (Wildman–Crippen LogP) is 7.63. The van der Waals surface area contributed by atoms with Crippen LogP contribution in [0.4, 0.5) is 30.7 Å². The number of rotatable bonds is 7. The molecule has 0 aliphatic carbocycles. The highest BCUT2D eigenvalue weighted by molar-refractivity contribution is 5.94. The summed E-state index contributed by atoms with van der Waals surface area (Å²) in [5.41, 5.74) is -0.399. The second kappa shape index (κ2) is 11.6. The molecule has 1 fully saturated rings. The Bertz CT molecular complexity index is 1320. The molecule has 1 heterocycles. The van der Waals surface area contributed by atoms with Crippen LogP contribution in [0, 0.1) is 11.7 Å². The molecule has 1 saturated heterocycles. The Morgan fingerprint density at radius 2 is 1.48 bits per heavy atom. The molecule has 0 saturated carbocycles. The van der Waals surface area contributed by atoms with Gasteiger partial charge in [-0.15, -0.1) is 0 Å². The molecular weight excluding hydrogens is 537 g/mol. The monoisotopic (exact) mass is 566 g/mol. The number of hydrogen-bond donors (Lipinski definition) is 0. The second-order valence-electron chi connectivity index (χ2n) is 10.4. The number of carbonyl (C=O) groups excluding carboxylic acids is 1. The number of hydrogen-bond acceptors (Lipinski definition) is 2. The fraction of sp³-hybridized carbons (Fsp3) is 0.367. The van der Waals surface area contributed by atoms with Gasteiger partial charge in [0.2, 0.25) is 0 Å². The Morgan fingerprint density at radius 3 is 2.08 bits per heavy atom.